The third-order valence-corrected chi connectivity index (χ3v) is 1.78. The summed E-state index contributed by atoms with van der Waals surface area (Å²) in [4.78, 5) is 10.1. The molecule has 1 rings (SSSR count). The highest BCUT2D eigenvalue weighted by Crippen LogP contribution is 2.19. The molecular formula is C9H4AlCl2O2. The van der Waals surface area contributed by atoms with Crippen molar-refractivity contribution in [2.75, 3.05) is 0 Å². The third-order valence-electron chi connectivity index (χ3n) is 1.24. The molecule has 1 aromatic carbocycles. The number of carboxylic acids is 1. The van der Waals surface area contributed by atoms with Crippen molar-refractivity contribution in [2.45, 2.75) is 0 Å². The average molecular weight is 242 g/mol. The van der Waals surface area contributed by atoms with Gasteiger partial charge in [-0.25, -0.2) is 4.79 Å². The van der Waals surface area contributed by atoms with Crippen molar-refractivity contribution in [3.63, 3.8) is 0 Å². The van der Waals surface area contributed by atoms with E-state index >= 15 is 0 Å². The molecule has 0 bridgehead atoms. The number of hydrogen-bond acceptors (Lipinski definition) is 1. The third kappa shape index (κ3) is 4.05. The van der Waals surface area contributed by atoms with E-state index in [4.69, 9.17) is 28.3 Å². The molecule has 1 aromatic rings. The van der Waals surface area contributed by atoms with Gasteiger partial charge in [-0.05, 0) is 18.2 Å². The Morgan fingerprint density at radius 2 is 2.00 bits per heavy atom. The van der Waals surface area contributed by atoms with Gasteiger partial charge in [0.15, 0.2) is 0 Å². The molecule has 0 aliphatic heterocycles. The number of halogens is 2. The van der Waals surface area contributed by atoms with Gasteiger partial charge in [0.2, 0.25) is 0 Å². The maximum atomic E-state index is 10.1. The molecule has 14 heavy (non-hydrogen) atoms. The van der Waals surface area contributed by atoms with Crippen LogP contribution in [-0.2, 0) is 4.79 Å². The standard InChI is InChI=1S/C9H4Cl2O2.Al/c10-7-3-1-6(8(11)5-7)2-4-9(12)13;/h1,3,5H,(H,12,13);. The fraction of sp³-hybridized carbons (Fsp3) is 0. The number of carbonyl (C=O) groups is 1. The van der Waals surface area contributed by atoms with Crippen LogP contribution in [0.3, 0.4) is 0 Å². The lowest BCUT2D eigenvalue weighted by Crippen LogP contribution is -1.87. The van der Waals surface area contributed by atoms with Gasteiger partial charge in [0.1, 0.15) is 0 Å². The van der Waals surface area contributed by atoms with Crippen LogP contribution in [0.25, 0.3) is 0 Å². The van der Waals surface area contributed by atoms with Crippen LogP contribution >= 0.6 is 23.2 Å². The minimum Gasteiger partial charge on any atom is -0.472 e. The Labute approximate surface area is 102 Å². The van der Waals surface area contributed by atoms with Gasteiger partial charge in [-0.2, -0.15) is 0 Å². The first-order valence-corrected chi connectivity index (χ1v) is 4.05. The number of hydrogen-bond donors (Lipinski definition) is 1. The molecule has 0 spiro atoms. The van der Waals surface area contributed by atoms with Gasteiger partial charge >= 0.3 is 5.97 Å². The molecule has 69 valence electrons. The Bertz CT molecular complexity index is 407. The Kier molecular flexibility index (Phi) is 5.69. The first-order valence-electron chi connectivity index (χ1n) is 3.29. The van der Waals surface area contributed by atoms with Crippen molar-refractivity contribution in [3.05, 3.63) is 33.8 Å². The molecule has 0 amide bonds. The van der Waals surface area contributed by atoms with E-state index in [2.05, 4.69) is 5.92 Å². The zero-order valence-electron chi connectivity index (χ0n) is 6.92. The SMILES string of the molecule is O=C(O)C#Cc1ccc(Cl)cc1Cl.[Al]. The number of rotatable bonds is 0. The monoisotopic (exact) mass is 241 g/mol. The van der Waals surface area contributed by atoms with E-state index in [1.54, 1.807) is 12.1 Å². The predicted molar refractivity (Wildman–Crippen MR) is 56.7 cm³/mol. The lowest BCUT2D eigenvalue weighted by atomic mass is 10.2. The van der Waals surface area contributed by atoms with Crippen molar-refractivity contribution < 1.29 is 9.90 Å². The lowest BCUT2D eigenvalue weighted by molar-refractivity contribution is -0.130. The maximum Gasteiger partial charge on any atom is 0.382 e. The van der Waals surface area contributed by atoms with Crippen LogP contribution in [0.4, 0.5) is 0 Å². The second-order valence-electron chi connectivity index (χ2n) is 2.18. The highest BCUT2D eigenvalue weighted by Gasteiger charge is 1.97. The van der Waals surface area contributed by atoms with Crippen LogP contribution in [0.5, 0.6) is 0 Å². The molecule has 3 radical (unpaired) electrons. The predicted octanol–water partition coefficient (Wildman–Crippen LogP) is 2.05. The van der Waals surface area contributed by atoms with E-state index in [1.165, 1.54) is 6.07 Å². The summed E-state index contributed by atoms with van der Waals surface area (Å²) < 4.78 is 0. The molecular weight excluding hydrogens is 238 g/mol. The van der Waals surface area contributed by atoms with E-state index in [1.807, 2.05) is 5.92 Å². The second kappa shape index (κ2) is 5.96. The van der Waals surface area contributed by atoms with Crippen LogP contribution in [-0.4, -0.2) is 28.4 Å². The molecule has 0 aromatic heterocycles. The molecule has 0 aliphatic rings. The minimum atomic E-state index is -1.19. The van der Waals surface area contributed by atoms with Crippen molar-refractivity contribution in [1.29, 1.82) is 0 Å². The second-order valence-corrected chi connectivity index (χ2v) is 3.02. The molecule has 0 heterocycles. The van der Waals surface area contributed by atoms with Crippen LogP contribution < -0.4 is 0 Å². The zero-order valence-corrected chi connectivity index (χ0v) is 9.59. The summed E-state index contributed by atoms with van der Waals surface area (Å²) in [6.07, 6.45) is 0. The van der Waals surface area contributed by atoms with Gasteiger partial charge in [0.25, 0.3) is 0 Å². The zero-order chi connectivity index (χ0) is 9.84. The molecule has 0 fully saturated rings. The fourth-order valence-corrected chi connectivity index (χ4v) is 1.17. The Morgan fingerprint density at radius 3 is 2.50 bits per heavy atom. The summed E-state index contributed by atoms with van der Waals surface area (Å²) in [5.41, 5.74) is 0.452. The molecule has 0 atom stereocenters. The largest absolute Gasteiger partial charge is 0.472 e. The van der Waals surface area contributed by atoms with E-state index in [0.29, 0.717) is 15.6 Å². The summed E-state index contributed by atoms with van der Waals surface area (Å²) in [5.74, 6) is 3.17. The van der Waals surface area contributed by atoms with Crippen molar-refractivity contribution >= 4 is 46.5 Å². The average Bonchev–Trinajstić information content (AvgIpc) is 2.02. The topological polar surface area (TPSA) is 37.3 Å². The van der Waals surface area contributed by atoms with Gasteiger partial charge in [-0.3, -0.25) is 0 Å². The van der Waals surface area contributed by atoms with Gasteiger partial charge < -0.3 is 5.11 Å². The summed E-state index contributed by atoms with van der Waals surface area (Å²) in [5, 5.41) is 9.12. The lowest BCUT2D eigenvalue weighted by Gasteiger charge is -1.94. The summed E-state index contributed by atoms with van der Waals surface area (Å²) in [7, 11) is 0. The highest BCUT2D eigenvalue weighted by molar-refractivity contribution is 6.35. The fourth-order valence-electron chi connectivity index (χ4n) is 0.712. The van der Waals surface area contributed by atoms with E-state index < -0.39 is 5.97 Å². The molecule has 0 aliphatic carbocycles. The first-order chi connectivity index (χ1) is 6.09. The van der Waals surface area contributed by atoms with Gasteiger partial charge in [-0.15, -0.1) is 0 Å². The molecule has 0 unspecified atom stereocenters. The smallest absolute Gasteiger partial charge is 0.382 e. The number of carboxylic acid groups (broad SMARTS) is 1. The summed E-state index contributed by atoms with van der Waals surface area (Å²) >= 11 is 11.4. The van der Waals surface area contributed by atoms with Crippen molar-refractivity contribution in [2.24, 2.45) is 0 Å². The first kappa shape index (κ1) is 13.4. The number of aliphatic carboxylic acids is 1. The quantitative estimate of drug-likeness (QED) is 0.558. The van der Waals surface area contributed by atoms with Crippen LogP contribution in [0.2, 0.25) is 10.0 Å². The van der Waals surface area contributed by atoms with E-state index in [0.717, 1.165) is 0 Å². The molecule has 0 saturated heterocycles. The number of benzene rings is 1. The summed E-state index contributed by atoms with van der Waals surface area (Å²) in [6, 6.07) is 4.68. The van der Waals surface area contributed by atoms with E-state index in [-0.39, 0.29) is 17.4 Å². The van der Waals surface area contributed by atoms with Gasteiger partial charge in [0, 0.05) is 33.9 Å². The Hall–Kier alpha value is -0.638. The molecule has 0 saturated carbocycles. The minimum absolute atomic E-state index is 0. The van der Waals surface area contributed by atoms with Gasteiger partial charge in [0.05, 0.1) is 5.02 Å². The highest BCUT2D eigenvalue weighted by atomic mass is 35.5. The van der Waals surface area contributed by atoms with Crippen LogP contribution in [0.15, 0.2) is 18.2 Å². The van der Waals surface area contributed by atoms with Crippen molar-refractivity contribution in [3.8, 4) is 11.8 Å². The van der Waals surface area contributed by atoms with Crippen molar-refractivity contribution in [1.82, 2.24) is 0 Å². The molecule has 2 nitrogen and oxygen atoms in total. The normalized spacial score (nSPS) is 8.14. The van der Waals surface area contributed by atoms with E-state index in [9.17, 15) is 4.79 Å². The van der Waals surface area contributed by atoms with Crippen LogP contribution in [0.1, 0.15) is 5.56 Å². The summed E-state index contributed by atoms with van der Waals surface area (Å²) in [6.45, 7) is 0. The van der Waals surface area contributed by atoms with Crippen LogP contribution in [0, 0.1) is 11.8 Å². The Morgan fingerprint density at radius 1 is 1.36 bits per heavy atom. The molecule has 5 heteroatoms. The maximum absolute atomic E-state index is 10.1. The Balaban J connectivity index is 0.00000169. The van der Waals surface area contributed by atoms with Gasteiger partial charge in [-0.1, -0.05) is 29.1 Å². The molecule has 1 N–H and O–H groups in total.